The number of amides is 2. The van der Waals surface area contributed by atoms with Crippen LogP contribution in [0.3, 0.4) is 0 Å². The van der Waals surface area contributed by atoms with Crippen molar-refractivity contribution in [1.82, 2.24) is 14.5 Å². The molecule has 10 nitrogen and oxygen atoms in total. The highest BCUT2D eigenvalue weighted by Crippen LogP contribution is 2.24. The van der Waals surface area contributed by atoms with Gasteiger partial charge in [0.05, 0.1) is 10.6 Å². The maximum absolute atomic E-state index is 13.5. The standard InChI is InChI=1S/C26H36N6O4S/c1-18(33)31-13-15-32(16-14-31)24(34)23(17-19-5-9-21(10-6-19)29-25(27)28)30-37(35,36)22-11-7-20(8-12-22)26(2,3)4/h5-12,23,30H,13-17H2,1-4H3,(H4,27,28,29)/t23-/m0/s1. The van der Waals surface area contributed by atoms with Crippen molar-refractivity contribution in [3.8, 4) is 0 Å². The third-order valence-corrected chi connectivity index (χ3v) is 7.78. The molecular weight excluding hydrogens is 492 g/mol. The van der Waals surface area contributed by atoms with Crippen LogP contribution in [-0.4, -0.2) is 68.2 Å². The van der Waals surface area contributed by atoms with E-state index in [1.807, 2.05) is 20.8 Å². The molecule has 2 aromatic carbocycles. The number of carbonyl (C=O) groups excluding carboxylic acids is 2. The molecule has 2 amide bonds. The minimum Gasteiger partial charge on any atom is -0.370 e. The van der Waals surface area contributed by atoms with E-state index < -0.39 is 16.1 Å². The maximum atomic E-state index is 13.5. The minimum atomic E-state index is -3.99. The molecule has 0 unspecified atom stereocenters. The molecule has 11 heteroatoms. The molecule has 5 N–H and O–H groups in total. The molecule has 1 aliphatic heterocycles. The van der Waals surface area contributed by atoms with E-state index in [9.17, 15) is 18.0 Å². The molecule has 1 aliphatic rings. The van der Waals surface area contributed by atoms with Gasteiger partial charge in [-0.15, -0.1) is 0 Å². The van der Waals surface area contributed by atoms with Crippen molar-refractivity contribution in [3.63, 3.8) is 0 Å². The van der Waals surface area contributed by atoms with Gasteiger partial charge in [0, 0.05) is 33.1 Å². The van der Waals surface area contributed by atoms with Crippen LogP contribution in [0.2, 0.25) is 0 Å². The first-order valence-corrected chi connectivity index (χ1v) is 13.6. The van der Waals surface area contributed by atoms with Crippen LogP contribution >= 0.6 is 0 Å². The highest BCUT2D eigenvalue weighted by molar-refractivity contribution is 7.89. The number of sulfonamides is 1. The van der Waals surface area contributed by atoms with Crippen LogP contribution in [0.25, 0.3) is 0 Å². The quantitative estimate of drug-likeness (QED) is 0.366. The lowest BCUT2D eigenvalue weighted by Crippen LogP contribution is -2.56. The predicted octanol–water partition coefficient (Wildman–Crippen LogP) is 1.47. The van der Waals surface area contributed by atoms with Crippen LogP contribution in [0.4, 0.5) is 5.69 Å². The van der Waals surface area contributed by atoms with E-state index in [-0.39, 0.29) is 34.5 Å². The Morgan fingerprint density at radius 1 is 0.946 bits per heavy atom. The first kappa shape index (κ1) is 28.1. The van der Waals surface area contributed by atoms with Gasteiger partial charge in [0.25, 0.3) is 0 Å². The normalized spacial score (nSPS) is 15.2. The Kier molecular flexibility index (Phi) is 8.60. The summed E-state index contributed by atoms with van der Waals surface area (Å²) in [7, 11) is -3.99. The van der Waals surface area contributed by atoms with E-state index in [1.165, 1.54) is 6.92 Å². The average Bonchev–Trinajstić information content (AvgIpc) is 2.83. The molecule has 0 aliphatic carbocycles. The average molecular weight is 529 g/mol. The van der Waals surface area contributed by atoms with Crippen LogP contribution < -0.4 is 16.2 Å². The third kappa shape index (κ3) is 7.53. The van der Waals surface area contributed by atoms with Crippen LogP contribution in [-0.2, 0) is 31.4 Å². The van der Waals surface area contributed by atoms with Gasteiger partial charge in [0.2, 0.25) is 21.8 Å². The smallest absolute Gasteiger partial charge is 0.241 e. The second-order valence-electron chi connectivity index (χ2n) is 10.2. The molecule has 37 heavy (non-hydrogen) atoms. The molecule has 2 aromatic rings. The summed E-state index contributed by atoms with van der Waals surface area (Å²) in [5.41, 5.74) is 13.0. The van der Waals surface area contributed by atoms with Crippen molar-refractivity contribution < 1.29 is 18.0 Å². The van der Waals surface area contributed by atoms with E-state index in [2.05, 4.69) is 9.71 Å². The van der Waals surface area contributed by atoms with E-state index in [0.29, 0.717) is 31.9 Å². The van der Waals surface area contributed by atoms with Crippen LogP contribution in [0.15, 0.2) is 58.4 Å². The summed E-state index contributed by atoms with van der Waals surface area (Å²) in [5.74, 6) is -0.467. The number of nitrogens with one attached hydrogen (secondary N) is 1. The van der Waals surface area contributed by atoms with Gasteiger partial charge in [-0.2, -0.15) is 4.72 Å². The number of guanidine groups is 1. The largest absolute Gasteiger partial charge is 0.370 e. The fourth-order valence-corrected chi connectivity index (χ4v) is 5.31. The summed E-state index contributed by atoms with van der Waals surface area (Å²) in [6, 6.07) is 12.5. The zero-order valence-electron chi connectivity index (χ0n) is 21.8. The number of hydrogen-bond acceptors (Lipinski definition) is 5. The lowest BCUT2D eigenvalue weighted by molar-refractivity contribution is -0.139. The minimum absolute atomic E-state index is 0.0519. The Bertz CT molecular complexity index is 1240. The molecule has 0 bridgehead atoms. The molecule has 0 aromatic heterocycles. The van der Waals surface area contributed by atoms with Crippen molar-refractivity contribution in [3.05, 3.63) is 59.7 Å². The second kappa shape index (κ2) is 11.3. The summed E-state index contributed by atoms with van der Waals surface area (Å²) in [4.78, 5) is 32.5. The van der Waals surface area contributed by atoms with Gasteiger partial charge in [-0.25, -0.2) is 13.4 Å². The Morgan fingerprint density at radius 2 is 1.49 bits per heavy atom. The van der Waals surface area contributed by atoms with Crippen LogP contribution in [0.5, 0.6) is 0 Å². The van der Waals surface area contributed by atoms with Gasteiger partial charge in [0.1, 0.15) is 6.04 Å². The van der Waals surface area contributed by atoms with Gasteiger partial charge in [-0.05, 0) is 47.2 Å². The molecule has 0 spiro atoms. The van der Waals surface area contributed by atoms with Crippen molar-refractivity contribution in [2.75, 3.05) is 26.2 Å². The van der Waals surface area contributed by atoms with Crippen molar-refractivity contribution in [2.45, 2.75) is 50.5 Å². The Balaban J connectivity index is 1.85. The fraction of sp³-hybridized carbons (Fsp3) is 0.423. The monoisotopic (exact) mass is 528 g/mol. The molecule has 1 fully saturated rings. The number of nitrogens with zero attached hydrogens (tertiary/aromatic N) is 3. The molecule has 200 valence electrons. The number of piperazine rings is 1. The number of aliphatic imine (C=N–C) groups is 1. The SMILES string of the molecule is CC(=O)N1CCN(C(=O)[C@H](Cc2ccc(N=C(N)N)cc2)NS(=O)(=O)c2ccc(C(C)(C)C)cc2)CC1. The number of nitrogens with two attached hydrogens (primary N) is 2. The Hall–Kier alpha value is -3.44. The van der Waals surface area contributed by atoms with Crippen LogP contribution in [0.1, 0.15) is 38.8 Å². The number of hydrogen-bond donors (Lipinski definition) is 3. The lowest BCUT2D eigenvalue weighted by atomic mass is 9.87. The molecule has 3 rings (SSSR count). The maximum Gasteiger partial charge on any atom is 0.241 e. The zero-order chi connectivity index (χ0) is 27.4. The first-order chi connectivity index (χ1) is 17.3. The number of benzene rings is 2. The molecule has 1 saturated heterocycles. The lowest BCUT2D eigenvalue weighted by Gasteiger charge is -2.36. The third-order valence-electron chi connectivity index (χ3n) is 6.30. The molecular formula is C26H36N6O4S. The first-order valence-electron chi connectivity index (χ1n) is 12.1. The summed E-state index contributed by atoms with van der Waals surface area (Å²) < 4.78 is 29.3. The van der Waals surface area contributed by atoms with Gasteiger partial charge in [-0.3, -0.25) is 9.59 Å². The molecule has 0 radical (unpaired) electrons. The topological polar surface area (TPSA) is 151 Å². The van der Waals surface area contributed by atoms with Gasteiger partial charge in [0.15, 0.2) is 5.96 Å². The van der Waals surface area contributed by atoms with Gasteiger partial charge >= 0.3 is 0 Å². The van der Waals surface area contributed by atoms with E-state index >= 15 is 0 Å². The Morgan fingerprint density at radius 3 is 1.97 bits per heavy atom. The van der Waals surface area contributed by atoms with E-state index in [1.54, 1.807) is 58.3 Å². The molecule has 0 saturated carbocycles. The number of rotatable bonds is 7. The highest BCUT2D eigenvalue weighted by Gasteiger charge is 2.32. The fourth-order valence-electron chi connectivity index (χ4n) is 4.12. The van der Waals surface area contributed by atoms with Crippen LogP contribution in [0, 0.1) is 0 Å². The van der Waals surface area contributed by atoms with Gasteiger partial charge < -0.3 is 21.3 Å². The van der Waals surface area contributed by atoms with Crippen molar-refractivity contribution in [1.29, 1.82) is 0 Å². The van der Waals surface area contributed by atoms with Gasteiger partial charge in [-0.1, -0.05) is 45.0 Å². The summed E-state index contributed by atoms with van der Waals surface area (Å²) in [6.45, 7) is 9.12. The Labute approximate surface area is 218 Å². The van der Waals surface area contributed by atoms with E-state index in [0.717, 1.165) is 11.1 Å². The zero-order valence-corrected chi connectivity index (χ0v) is 22.6. The van der Waals surface area contributed by atoms with Crippen molar-refractivity contribution in [2.24, 2.45) is 16.5 Å². The number of carbonyl (C=O) groups is 2. The summed E-state index contributed by atoms with van der Waals surface area (Å²) in [6.07, 6.45) is 0.132. The summed E-state index contributed by atoms with van der Waals surface area (Å²) >= 11 is 0. The highest BCUT2D eigenvalue weighted by atomic mass is 32.2. The predicted molar refractivity (Wildman–Crippen MR) is 144 cm³/mol. The summed E-state index contributed by atoms with van der Waals surface area (Å²) in [5, 5.41) is 0. The van der Waals surface area contributed by atoms with E-state index in [4.69, 9.17) is 11.5 Å². The van der Waals surface area contributed by atoms with Crippen molar-refractivity contribution >= 4 is 33.5 Å². The second-order valence-corrected chi connectivity index (χ2v) is 11.9. The molecule has 1 atom stereocenters. The molecule has 1 heterocycles.